The van der Waals surface area contributed by atoms with E-state index in [-0.39, 0.29) is 17.5 Å². The maximum Gasteiger partial charge on any atom is 0.237 e. The zero-order valence-corrected chi connectivity index (χ0v) is 13.3. The molecule has 0 aromatic heterocycles. The summed E-state index contributed by atoms with van der Waals surface area (Å²) < 4.78 is 0. The van der Waals surface area contributed by atoms with E-state index >= 15 is 0 Å². The molecule has 1 heterocycles. The smallest absolute Gasteiger partial charge is 0.237 e. The van der Waals surface area contributed by atoms with Gasteiger partial charge in [-0.3, -0.25) is 9.69 Å². The van der Waals surface area contributed by atoms with Crippen LogP contribution in [0.2, 0.25) is 0 Å². The molecule has 2 unspecified atom stereocenters. The van der Waals surface area contributed by atoms with Crippen LogP contribution < -0.4 is 10.6 Å². The van der Waals surface area contributed by atoms with Gasteiger partial charge in [0.05, 0.1) is 6.04 Å². The van der Waals surface area contributed by atoms with Gasteiger partial charge in [-0.25, -0.2) is 0 Å². The van der Waals surface area contributed by atoms with Crippen LogP contribution in [-0.2, 0) is 4.79 Å². The van der Waals surface area contributed by atoms with Crippen molar-refractivity contribution in [2.75, 3.05) is 26.2 Å². The highest BCUT2D eigenvalue weighted by Crippen LogP contribution is 2.18. The number of nitrogens with zero attached hydrogens (tertiary/aromatic N) is 1. The molecule has 112 valence electrons. The number of hydrogen-bond donors (Lipinski definition) is 2. The van der Waals surface area contributed by atoms with Crippen LogP contribution in [0, 0.1) is 5.92 Å². The van der Waals surface area contributed by atoms with Gasteiger partial charge < -0.3 is 10.6 Å². The number of amides is 1. The topological polar surface area (TPSA) is 44.4 Å². The van der Waals surface area contributed by atoms with Crippen molar-refractivity contribution in [2.24, 2.45) is 5.92 Å². The van der Waals surface area contributed by atoms with Gasteiger partial charge >= 0.3 is 0 Å². The first-order valence-electron chi connectivity index (χ1n) is 7.60. The van der Waals surface area contributed by atoms with Gasteiger partial charge in [-0.1, -0.05) is 0 Å². The highest BCUT2D eigenvalue weighted by atomic mass is 16.2. The number of piperidine rings is 1. The van der Waals surface area contributed by atoms with E-state index in [4.69, 9.17) is 0 Å². The van der Waals surface area contributed by atoms with Crippen molar-refractivity contribution in [3.63, 3.8) is 0 Å². The molecule has 0 aromatic carbocycles. The molecule has 0 saturated carbocycles. The molecule has 2 N–H and O–H groups in total. The predicted octanol–water partition coefficient (Wildman–Crippen LogP) is 1.61. The van der Waals surface area contributed by atoms with Crippen LogP contribution >= 0.6 is 0 Å². The van der Waals surface area contributed by atoms with Gasteiger partial charge in [-0.05, 0) is 66.5 Å². The van der Waals surface area contributed by atoms with Crippen molar-refractivity contribution < 1.29 is 4.79 Å². The van der Waals surface area contributed by atoms with Gasteiger partial charge in [0.15, 0.2) is 0 Å². The first-order chi connectivity index (χ1) is 8.83. The lowest BCUT2D eigenvalue weighted by atomic mass is 9.95. The van der Waals surface area contributed by atoms with E-state index in [0.717, 1.165) is 19.6 Å². The van der Waals surface area contributed by atoms with Gasteiger partial charge in [0.25, 0.3) is 0 Å². The fourth-order valence-corrected chi connectivity index (χ4v) is 2.55. The molecule has 19 heavy (non-hydrogen) atoms. The van der Waals surface area contributed by atoms with E-state index in [2.05, 4.69) is 36.3 Å². The third kappa shape index (κ3) is 5.91. The van der Waals surface area contributed by atoms with Crippen LogP contribution in [-0.4, -0.2) is 48.6 Å². The van der Waals surface area contributed by atoms with E-state index in [9.17, 15) is 4.79 Å². The molecule has 0 spiro atoms. The first-order valence-corrected chi connectivity index (χ1v) is 7.60. The van der Waals surface area contributed by atoms with Crippen LogP contribution in [0.25, 0.3) is 0 Å². The predicted molar refractivity (Wildman–Crippen MR) is 80.2 cm³/mol. The van der Waals surface area contributed by atoms with Crippen molar-refractivity contribution >= 4 is 5.91 Å². The Kier molecular flexibility index (Phi) is 6.27. The normalized spacial score (nSPS) is 23.1. The van der Waals surface area contributed by atoms with Crippen LogP contribution in [0.3, 0.4) is 0 Å². The minimum atomic E-state index is -0.00242. The Labute approximate surface area is 118 Å². The third-order valence-corrected chi connectivity index (χ3v) is 3.75. The zero-order valence-electron chi connectivity index (χ0n) is 13.3. The lowest BCUT2D eigenvalue weighted by Gasteiger charge is -2.37. The van der Waals surface area contributed by atoms with Crippen molar-refractivity contribution in [2.45, 2.75) is 59.0 Å². The molecule has 0 aromatic rings. The Morgan fingerprint density at radius 3 is 2.68 bits per heavy atom. The number of rotatable bonds is 5. The quantitative estimate of drug-likeness (QED) is 0.797. The molecule has 4 heteroatoms. The Morgan fingerprint density at radius 2 is 2.11 bits per heavy atom. The minimum Gasteiger partial charge on any atom is -0.355 e. The van der Waals surface area contributed by atoms with E-state index in [1.54, 1.807) is 0 Å². The highest BCUT2D eigenvalue weighted by Gasteiger charge is 2.27. The summed E-state index contributed by atoms with van der Waals surface area (Å²) in [5.41, 5.74) is 0.174. The number of likely N-dealkylation sites (tertiary alicyclic amines) is 1. The van der Waals surface area contributed by atoms with Gasteiger partial charge in [-0.2, -0.15) is 0 Å². The standard InChI is InChI=1S/C15H31N3O/c1-6-16-14(19)12(2)18-9-7-8-13(11-18)10-17-15(3,4)5/h12-13,17H,6-11H2,1-5H3,(H,16,19). The maximum atomic E-state index is 11.9. The van der Waals surface area contributed by atoms with Crippen molar-refractivity contribution in [3.05, 3.63) is 0 Å². The molecule has 1 rings (SSSR count). The monoisotopic (exact) mass is 269 g/mol. The largest absolute Gasteiger partial charge is 0.355 e. The summed E-state index contributed by atoms with van der Waals surface area (Å²) in [6.07, 6.45) is 2.46. The molecule has 1 amide bonds. The number of carbonyl (C=O) groups excluding carboxylic acids is 1. The molecule has 4 nitrogen and oxygen atoms in total. The molecular formula is C15H31N3O. The summed E-state index contributed by atoms with van der Waals surface area (Å²) in [6.45, 7) is 14.4. The number of carbonyl (C=O) groups is 1. The molecule has 1 saturated heterocycles. The maximum absolute atomic E-state index is 11.9. The molecule has 1 fully saturated rings. The van der Waals surface area contributed by atoms with Crippen molar-refractivity contribution in [1.29, 1.82) is 0 Å². The zero-order chi connectivity index (χ0) is 14.5. The average Bonchev–Trinajstić information content (AvgIpc) is 2.35. The molecule has 0 radical (unpaired) electrons. The third-order valence-electron chi connectivity index (χ3n) is 3.75. The Hall–Kier alpha value is -0.610. The Balaban J connectivity index is 2.43. The van der Waals surface area contributed by atoms with E-state index in [0.29, 0.717) is 12.5 Å². The summed E-state index contributed by atoms with van der Waals surface area (Å²) in [5, 5.41) is 6.50. The fourth-order valence-electron chi connectivity index (χ4n) is 2.55. The molecule has 1 aliphatic rings. The Bertz CT molecular complexity index is 286. The van der Waals surface area contributed by atoms with Crippen LogP contribution in [0.4, 0.5) is 0 Å². The lowest BCUT2D eigenvalue weighted by Crippen LogP contribution is -2.51. The molecule has 0 bridgehead atoms. The minimum absolute atomic E-state index is 0.00242. The second-order valence-electron chi connectivity index (χ2n) is 6.70. The van der Waals surface area contributed by atoms with E-state index in [1.165, 1.54) is 12.8 Å². The van der Waals surface area contributed by atoms with E-state index in [1.807, 2.05) is 13.8 Å². The Morgan fingerprint density at radius 1 is 1.42 bits per heavy atom. The van der Waals surface area contributed by atoms with Crippen molar-refractivity contribution in [1.82, 2.24) is 15.5 Å². The molecule has 0 aliphatic carbocycles. The summed E-state index contributed by atoms with van der Waals surface area (Å²) in [4.78, 5) is 14.2. The van der Waals surface area contributed by atoms with Gasteiger partial charge in [0.2, 0.25) is 5.91 Å². The summed E-state index contributed by atoms with van der Waals surface area (Å²) in [5.74, 6) is 0.816. The van der Waals surface area contributed by atoms with Crippen molar-refractivity contribution in [3.8, 4) is 0 Å². The van der Waals surface area contributed by atoms with Crippen LogP contribution in [0.1, 0.15) is 47.5 Å². The van der Waals surface area contributed by atoms with E-state index < -0.39 is 0 Å². The molecular weight excluding hydrogens is 238 g/mol. The number of likely N-dealkylation sites (N-methyl/N-ethyl adjacent to an activating group) is 1. The highest BCUT2D eigenvalue weighted by molar-refractivity contribution is 5.81. The van der Waals surface area contributed by atoms with Gasteiger partial charge in [0.1, 0.15) is 0 Å². The summed E-state index contributed by atoms with van der Waals surface area (Å²) in [7, 11) is 0. The van der Waals surface area contributed by atoms with Crippen LogP contribution in [0.15, 0.2) is 0 Å². The average molecular weight is 269 g/mol. The first kappa shape index (κ1) is 16.4. The number of nitrogens with one attached hydrogen (secondary N) is 2. The lowest BCUT2D eigenvalue weighted by molar-refractivity contribution is -0.126. The van der Waals surface area contributed by atoms with Gasteiger partial charge in [0, 0.05) is 18.6 Å². The second kappa shape index (κ2) is 7.25. The fraction of sp³-hybridized carbons (Fsp3) is 0.933. The van der Waals surface area contributed by atoms with Crippen LogP contribution in [0.5, 0.6) is 0 Å². The second-order valence-corrected chi connectivity index (χ2v) is 6.70. The van der Waals surface area contributed by atoms with Gasteiger partial charge in [-0.15, -0.1) is 0 Å². The summed E-state index contributed by atoms with van der Waals surface area (Å²) in [6, 6.07) is -0.00242. The molecule has 1 aliphatic heterocycles. The SMILES string of the molecule is CCNC(=O)C(C)N1CCCC(CNC(C)(C)C)C1. The number of hydrogen-bond acceptors (Lipinski definition) is 3. The molecule has 2 atom stereocenters. The summed E-state index contributed by atoms with van der Waals surface area (Å²) >= 11 is 0.